The van der Waals surface area contributed by atoms with Crippen molar-refractivity contribution < 1.29 is 19.4 Å². The molecule has 0 unspecified atom stereocenters. The molecule has 1 saturated carbocycles. The summed E-state index contributed by atoms with van der Waals surface area (Å²) in [6, 6.07) is 12.1. The largest absolute Gasteiger partial charge is 0.493 e. The topological polar surface area (TPSA) is 106 Å². The second kappa shape index (κ2) is 9.67. The Morgan fingerprint density at radius 3 is 2.61 bits per heavy atom. The summed E-state index contributed by atoms with van der Waals surface area (Å²) in [5, 5.41) is 9.73. The number of rotatable bonds is 4. The van der Waals surface area contributed by atoms with E-state index in [0.29, 0.717) is 42.8 Å². The van der Waals surface area contributed by atoms with Crippen LogP contribution in [-0.4, -0.2) is 52.1 Å². The van der Waals surface area contributed by atoms with E-state index in [-0.39, 0.29) is 11.9 Å². The molecule has 3 aliphatic rings. The van der Waals surface area contributed by atoms with E-state index in [2.05, 4.69) is 37.0 Å². The summed E-state index contributed by atoms with van der Waals surface area (Å²) in [6.45, 7) is 7.29. The van der Waals surface area contributed by atoms with E-state index in [1.165, 1.54) is 11.1 Å². The van der Waals surface area contributed by atoms with E-state index in [1.807, 2.05) is 11.8 Å². The van der Waals surface area contributed by atoms with Crippen LogP contribution in [0.15, 0.2) is 36.4 Å². The number of carboxylic acid groups (broad SMARTS) is 1. The summed E-state index contributed by atoms with van der Waals surface area (Å²) >= 11 is 1.61. The number of likely N-dealkylation sites (tertiary alicyclic amines) is 1. The first-order valence-corrected chi connectivity index (χ1v) is 13.1. The van der Waals surface area contributed by atoms with Gasteiger partial charge in [0.2, 0.25) is 0 Å². The molecule has 36 heavy (non-hydrogen) atoms. The summed E-state index contributed by atoms with van der Waals surface area (Å²) in [5.74, 6) is 0.563. The fourth-order valence-corrected chi connectivity index (χ4v) is 6.40. The molecule has 7 nitrogen and oxygen atoms in total. The number of aromatic nitrogens is 1. The van der Waals surface area contributed by atoms with Crippen molar-refractivity contribution in [3.63, 3.8) is 0 Å². The number of carboxylic acids is 1. The maximum atomic E-state index is 13.2. The first-order valence-electron chi connectivity index (χ1n) is 12.3. The molecule has 0 radical (unpaired) electrons. The van der Waals surface area contributed by atoms with Crippen molar-refractivity contribution in [1.29, 1.82) is 0 Å². The Morgan fingerprint density at radius 2 is 1.92 bits per heavy atom. The van der Waals surface area contributed by atoms with E-state index in [4.69, 9.17) is 15.6 Å². The number of hydrogen-bond donors (Lipinski definition) is 2. The number of aryl methyl sites for hydroxylation is 3. The van der Waals surface area contributed by atoms with E-state index in [1.54, 1.807) is 29.5 Å². The van der Waals surface area contributed by atoms with Crippen molar-refractivity contribution in [3.05, 3.63) is 69.4 Å². The summed E-state index contributed by atoms with van der Waals surface area (Å²) in [4.78, 5) is 31.6. The van der Waals surface area contributed by atoms with Crippen LogP contribution in [0.3, 0.4) is 0 Å². The highest BCUT2D eigenvalue weighted by Crippen LogP contribution is 2.48. The number of ether oxygens (including phenoxy) is 1. The van der Waals surface area contributed by atoms with Crippen LogP contribution in [0.5, 0.6) is 5.75 Å². The lowest BCUT2D eigenvalue weighted by Crippen LogP contribution is -2.42. The van der Waals surface area contributed by atoms with Crippen LogP contribution >= 0.6 is 11.3 Å². The molecule has 6 rings (SSSR count). The minimum absolute atomic E-state index is 0.0639. The normalized spacial score (nSPS) is 21.2. The van der Waals surface area contributed by atoms with Crippen molar-refractivity contribution in [2.45, 2.75) is 52.1 Å². The van der Waals surface area contributed by atoms with Gasteiger partial charge in [-0.25, -0.2) is 9.78 Å². The highest BCUT2D eigenvalue weighted by Gasteiger charge is 2.54. The minimum atomic E-state index is -0.877. The lowest BCUT2D eigenvalue weighted by molar-refractivity contribution is 0.0689. The van der Waals surface area contributed by atoms with Gasteiger partial charge >= 0.3 is 5.97 Å². The van der Waals surface area contributed by atoms with Crippen molar-refractivity contribution >= 4 is 23.2 Å². The van der Waals surface area contributed by atoms with Gasteiger partial charge in [0.1, 0.15) is 11.4 Å². The molecule has 3 atom stereocenters. The van der Waals surface area contributed by atoms with Gasteiger partial charge in [-0.15, -0.1) is 11.3 Å². The number of nitrogens with zero attached hydrogens (tertiary/aromatic N) is 2. The predicted molar refractivity (Wildman–Crippen MR) is 140 cm³/mol. The van der Waals surface area contributed by atoms with Gasteiger partial charge in [0.25, 0.3) is 5.91 Å². The number of carbonyl (C=O) groups is 2. The highest BCUT2D eigenvalue weighted by molar-refractivity contribution is 7.15. The lowest BCUT2D eigenvalue weighted by Gasteiger charge is -2.26. The van der Waals surface area contributed by atoms with Crippen LogP contribution in [-0.2, 0) is 6.42 Å². The molecule has 2 fully saturated rings. The molecule has 0 bridgehead atoms. The zero-order valence-corrected chi connectivity index (χ0v) is 21.6. The molecule has 2 aliphatic heterocycles. The molecule has 0 spiro atoms. The second-order valence-corrected chi connectivity index (χ2v) is 11.1. The van der Waals surface area contributed by atoms with E-state index < -0.39 is 5.97 Å². The Balaban J connectivity index is 0.000000186. The summed E-state index contributed by atoms with van der Waals surface area (Å²) in [6.07, 6.45) is 2.89. The van der Waals surface area contributed by atoms with Gasteiger partial charge < -0.3 is 20.5 Å². The van der Waals surface area contributed by atoms with Crippen LogP contribution in [0.25, 0.3) is 10.4 Å². The molecule has 2 aromatic carbocycles. The average molecular weight is 506 g/mol. The van der Waals surface area contributed by atoms with Crippen LogP contribution in [0.4, 0.5) is 0 Å². The third kappa shape index (κ3) is 4.63. The van der Waals surface area contributed by atoms with Crippen molar-refractivity contribution in [1.82, 2.24) is 9.88 Å². The fourth-order valence-electron chi connectivity index (χ4n) is 5.50. The van der Waals surface area contributed by atoms with Crippen molar-refractivity contribution in [3.8, 4) is 16.2 Å². The summed E-state index contributed by atoms with van der Waals surface area (Å²) < 4.78 is 5.23. The molecular weight excluding hydrogens is 474 g/mol. The maximum absolute atomic E-state index is 13.2. The molecule has 8 heteroatoms. The Labute approximate surface area is 214 Å². The first kappa shape index (κ1) is 24.5. The Bertz CT molecular complexity index is 1310. The molecule has 1 aromatic heterocycles. The number of aromatic carboxylic acids is 1. The first-order chi connectivity index (χ1) is 17.3. The zero-order chi connectivity index (χ0) is 25.6. The third-order valence-electron chi connectivity index (χ3n) is 7.11. The molecule has 1 aliphatic carbocycles. The standard InChI is InChI=1S/C19H23N3OS.C9H8O3/c1-10-4-11(2)6-14(5-10)18-17(21-12(3)24-18)19(23)22-15(9-20)7-13-8-16(13)22;10-9(11)7-2-1-3-8-6(7)4-5-12-8/h4-6,13,15-16H,7-9,20H2,1-3H3;1-3H,4-5H2,(H,10,11)/t13-,15+,16+;/m1./s1. The van der Waals surface area contributed by atoms with Crippen LogP contribution < -0.4 is 10.5 Å². The molecule has 1 saturated heterocycles. The Kier molecular flexibility index (Phi) is 6.57. The number of benzene rings is 2. The number of fused-ring (bicyclic) bond motifs is 2. The highest BCUT2D eigenvalue weighted by atomic mass is 32.1. The zero-order valence-electron chi connectivity index (χ0n) is 20.8. The maximum Gasteiger partial charge on any atom is 0.336 e. The molecule has 3 N–H and O–H groups in total. The van der Waals surface area contributed by atoms with Gasteiger partial charge in [-0.2, -0.15) is 0 Å². The molecule has 3 aromatic rings. The minimum Gasteiger partial charge on any atom is -0.493 e. The van der Waals surface area contributed by atoms with Crippen LogP contribution in [0.2, 0.25) is 0 Å². The second-order valence-electron chi connectivity index (χ2n) is 9.87. The van der Waals surface area contributed by atoms with E-state index in [9.17, 15) is 9.59 Å². The average Bonchev–Trinajstić information content (AvgIpc) is 3.18. The number of nitrogens with two attached hydrogens (primary N) is 1. The lowest BCUT2D eigenvalue weighted by atomic mass is 10.0. The molecular formula is C28H31N3O4S. The number of thiazole rings is 1. The van der Waals surface area contributed by atoms with Gasteiger partial charge in [-0.3, -0.25) is 4.79 Å². The molecule has 3 heterocycles. The Hall–Kier alpha value is -3.23. The smallest absolute Gasteiger partial charge is 0.336 e. The molecule has 1 amide bonds. The van der Waals surface area contributed by atoms with Crippen LogP contribution in [0, 0.1) is 26.7 Å². The van der Waals surface area contributed by atoms with E-state index in [0.717, 1.165) is 39.6 Å². The Morgan fingerprint density at radius 1 is 1.17 bits per heavy atom. The number of amides is 1. The third-order valence-corrected chi connectivity index (χ3v) is 8.13. The SMILES string of the molecule is Cc1cc(C)cc(-c2sc(C)nc2C(=O)N2[C@H](CN)C[C@@H]3C[C@@H]32)c1.O=C(O)c1cccc2c1CCO2. The van der Waals surface area contributed by atoms with Gasteiger partial charge in [-0.1, -0.05) is 35.4 Å². The predicted octanol–water partition coefficient (Wildman–Crippen LogP) is 4.62. The van der Waals surface area contributed by atoms with Crippen molar-refractivity contribution in [2.75, 3.05) is 13.2 Å². The van der Waals surface area contributed by atoms with Gasteiger partial charge in [-0.05, 0) is 57.2 Å². The number of hydrogen-bond acceptors (Lipinski definition) is 6. The fraction of sp³-hybridized carbons (Fsp3) is 0.393. The van der Waals surface area contributed by atoms with Gasteiger partial charge in [0.15, 0.2) is 0 Å². The van der Waals surface area contributed by atoms with Crippen molar-refractivity contribution in [2.24, 2.45) is 11.7 Å². The van der Waals surface area contributed by atoms with Crippen LogP contribution in [0.1, 0.15) is 55.4 Å². The monoisotopic (exact) mass is 505 g/mol. The van der Waals surface area contributed by atoms with E-state index >= 15 is 0 Å². The summed E-state index contributed by atoms with van der Waals surface area (Å²) in [7, 11) is 0. The van der Waals surface area contributed by atoms with Gasteiger partial charge in [0.05, 0.1) is 22.1 Å². The number of carbonyl (C=O) groups excluding carboxylic acids is 1. The van der Waals surface area contributed by atoms with Gasteiger partial charge in [0, 0.05) is 30.6 Å². The summed E-state index contributed by atoms with van der Waals surface area (Å²) in [5.41, 5.74) is 11.2. The number of piperidine rings is 1. The quantitative estimate of drug-likeness (QED) is 0.536. The molecule has 188 valence electrons.